The van der Waals surface area contributed by atoms with Gasteiger partial charge in [0.05, 0.1) is 19.5 Å². The van der Waals surface area contributed by atoms with Crippen LogP contribution in [0.3, 0.4) is 0 Å². The van der Waals surface area contributed by atoms with Crippen molar-refractivity contribution < 1.29 is 13.9 Å². The fourth-order valence-corrected chi connectivity index (χ4v) is 2.20. The molecular weight excluding hydrogens is 252 g/mol. The van der Waals surface area contributed by atoms with Gasteiger partial charge >= 0.3 is 0 Å². The van der Waals surface area contributed by atoms with Crippen molar-refractivity contribution in [3.05, 3.63) is 47.9 Å². The van der Waals surface area contributed by atoms with Gasteiger partial charge in [0.1, 0.15) is 11.1 Å². The molecule has 1 unspecified atom stereocenters. The highest BCUT2D eigenvalue weighted by atomic mass is 35.5. The third-order valence-corrected chi connectivity index (χ3v) is 3.32. The summed E-state index contributed by atoms with van der Waals surface area (Å²) in [6.45, 7) is 1.36. The molecule has 1 aromatic heterocycles. The van der Waals surface area contributed by atoms with Gasteiger partial charge in [0.25, 0.3) is 0 Å². The van der Waals surface area contributed by atoms with Crippen molar-refractivity contribution >= 4 is 11.6 Å². The van der Waals surface area contributed by atoms with E-state index in [1.54, 1.807) is 6.26 Å². The molecule has 94 valence electrons. The molecule has 3 rings (SSSR count). The molecule has 0 saturated carbocycles. The van der Waals surface area contributed by atoms with Crippen molar-refractivity contribution in [2.45, 2.75) is 11.8 Å². The molecule has 3 nitrogen and oxygen atoms in total. The topological polar surface area (TPSA) is 31.6 Å². The van der Waals surface area contributed by atoms with Crippen molar-refractivity contribution in [1.82, 2.24) is 0 Å². The third kappa shape index (κ3) is 2.18. The lowest BCUT2D eigenvalue weighted by Crippen LogP contribution is -1.97. The molecule has 0 saturated heterocycles. The number of rotatable bonds is 2. The Hall–Kier alpha value is -1.61. The number of hydrogen-bond acceptors (Lipinski definition) is 3. The van der Waals surface area contributed by atoms with Crippen LogP contribution in [0.2, 0.25) is 0 Å². The molecule has 2 heterocycles. The Labute approximate surface area is 110 Å². The lowest BCUT2D eigenvalue weighted by Gasteiger charge is -2.11. The number of ether oxygens (including phenoxy) is 2. The molecule has 1 aromatic carbocycles. The van der Waals surface area contributed by atoms with Crippen molar-refractivity contribution in [3.8, 4) is 11.5 Å². The Balaban J connectivity index is 1.92. The number of alkyl halides is 1. The van der Waals surface area contributed by atoms with E-state index in [0.717, 1.165) is 29.2 Å². The van der Waals surface area contributed by atoms with Crippen LogP contribution in [0.5, 0.6) is 11.5 Å². The van der Waals surface area contributed by atoms with Crippen LogP contribution in [0.25, 0.3) is 0 Å². The van der Waals surface area contributed by atoms with Gasteiger partial charge in [0.15, 0.2) is 11.5 Å². The molecule has 0 fully saturated rings. The van der Waals surface area contributed by atoms with Crippen LogP contribution in [0.15, 0.2) is 41.0 Å². The standard InChI is InChI=1S/C14H13ClO3/c15-14(12-3-1-6-17-12)10-4-5-11-13(9-10)18-8-2-7-16-11/h1,3-6,9,14H,2,7-8H2. The number of benzene rings is 1. The van der Waals surface area contributed by atoms with Crippen LogP contribution in [0, 0.1) is 0 Å². The molecule has 4 heteroatoms. The van der Waals surface area contributed by atoms with E-state index < -0.39 is 0 Å². The smallest absolute Gasteiger partial charge is 0.161 e. The summed E-state index contributed by atoms with van der Waals surface area (Å²) in [6.07, 6.45) is 2.51. The molecule has 0 radical (unpaired) electrons. The van der Waals surface area contributed by atoms with Gasteiger partial charge < -0.3 is 13.9 Å². The van der Waals surface area contributed by atoms with Crippen LogP contribution in [0.1, 0.15) is 23.1 Å². The maximum Gasteiger partial charge on any atom is 0.161 e. The molecule has 0 N–H and O–H groups in total. The Bertz CT molecular complexity index is 522. The lowest BCUT2D eigenvalue weighted by atomic mass is 10.1. The van der Waals surface area contributed by atoms with Gasteiger partial charge in [-0.1, -0.05) is 6.07 Å². The predicted molar refractivity (Wildman–Crippen MR) is 68.5 cm³/mol. The molecule has 18 heavy (non-hydrogen) atoms. The second-order valence-corrected chi connectivity index (χ2v) is 4.57. The quantitative estimate of drug-likeness (QED) is 0.774. The summed E-state index contributed by atoms with van der Waals surface area (Å²) in [7, 11) is 0. The Morgan fingerprint density at radius 2 is 1.89 bits per heavy atom. The molecule has 1 aliphatic rings. The van der Waals surface area contributed by atoms with Crippen LogP contribution in [-0.2, 0) is 0 Å². The monoisotopic (exact) mass is 264 g/mol. The van der Waals surface area contributed by atoms with Gasteiger partial charge in [-0.3, -0.25) is 0 Å². The van der Waals surface area contributed by atoms with E-state index in [2.05, 4.69) is 0 Å². The van der Waals surface area contributed by atoms with E-state index in [9.17, 15) is 0 Å². The van der Waals surface area contributed by atoms with Crippen LogP contribution in [0.4, 0.5) is 0 Å². The van der Waals surface area contributed by atoms with E-state index in [4.69, 9.17) is 25.5 Å². The maximum atomic E-state index is 6.37. The third-order valence-electron chi connectivity index (χ3n) is 2.86. The van der Waals surface area contributed by atoms with Crippen LogP contribution < -0.4 is 9.47 Å². The molecular formula is C14H13ClO3. The highest BCUT2D eigenvalue weighted by Crippen LogP contribution is 2.36. The van der Waals surface area contributed by atoms with Gasteiger partial charge in [-0.2, -0.15) is 0 Å². The Kier molecular flexibility index (Phi) is 3.15. The second-order valence-electron chi connectivity index (χ2n) is 4.13. The Morgan fingerprint density at radius 3 is 2.67 bits per heavy atom. The molecule has 0 aliphatic carbocycles. The highest BCUT2D eigenvalue weighted by Gasteiger charge is 2.17. The molecule has 1 atom stereocenters. The zero-order valence-corrected chi connectivity index (χ0v) is 10.5. The fraction of sp³-hybridized carbons (Fsp3) is 0.286. The average molecular weight is 265 g/mol. The van der Waals surface area contributed by atoms with Gasteiger partial charge in [0, 0.05) is 6.42 Å². The summed E-state index contributed by atoms with van der Waals surface area (Å²) in [5, 5.41) is -0.308. The minimum absolute atomic E-state index is 0.308. The number of fused-ring (bicyclic) bond motifs is 1. The second kappa shape index (κ2) is 4.94. The number of furan rings is 1. The molecule has 0 spiro atoms. The first-order valence-corrected chi connectivity index (χ1v) is 6.35. The average Bonchev–Trinajstić information content (AvgIpc) is 2.83. The zero-order chi connectivity index (χ0) is 12.4. The van der Waals surface area contributed by atoms with Crippen molar-refractivity contribution in [2.24, 2.45) is 0 Å². The normalized spacial score (nSPS) is 16.1. The summed E-state index contributed by atoms with van der Waals surface area (Å²) in [6, 6.07) is 9.44. The summed E-state index contributed by atoms with van der Waals surface area (Å²) < 4.78 is 16.5. The summed E-state index contributed by atoms with van der Waals surface area (Å²) >= 11 is 6.37. The van der Waals surface area contributed by atoms with Crippen molar-refractivity contribution in [1.29, 1.82) is 0 Å². The van der Waals surface area contributed by atoms with Crippen molar-refractivity contribution in [3.63, 3.8) is 0 Å². The minimum Gasteiger partial charge on any atom is -0.490 e. The molecule has 0 bridgehead atoms. The summed E-state index contributed by atoms with van der Waals surface area (Å²) in [5.74, 6) is 2.26. The van der Waals surface area contributed by atoms with Crippen molar-refractivity contribution in [2.75, 3.05) is 13.2 Å². The zero-order valence-electron chi connectivity index (χ0n) is 9.77. The van der Waals surface area contributed by atoms with E-state index in [0.29, 0.717) is 13.2 Å². The number of hydrogen-bond donors (Lipinski definition) is 0. The van der Waals surface area contributed by atoms with E-state index in [1.807, 2.05) is 30.3 Å². The van der Waals surface area contributed by atoms with Gasteiger partial charge in [-0.15, -0.1) is 11.6 Å². The van der Waals surface area contributed by atoms with E-state index in [1.165, 1.54) is 0 Å². The maximum absolute atomic E-state index is 6.37. The highest BCUT2D eigenvalue weighted by molar-refractivity contribution is 6.22. The largest absolute Gasteiger partial charge is 0.490 e. The molecule has 0 amide bonds. The summed E-state index contributed by atoms with van der Waals surface area (Å²) in [4.78, 5) is 0. The fourth-order valence-electron chi connectivity index (χ4n) is 1.94. The summed E-state index contributed by atoms with van der Waals surface area (Å²) in [5.41, 5.74) is 0.941. The van der Waals surface area contributed by atoms with Gasteiger partial charge in [-0.25, -0.2) is 0 Å². The SMILES string of the molecule is ClC(c1ccc2c(c1)OCCCO2)c1ccco1. The van der Waals surface area contributed by atoms with E-state index >= 15 is 0 Å². The Morgan fingerprint density at radius 1 is 1.06 bits per heavy atom. The first kappa shape index (κ1) is 11.5. The number of halogens is 1. The van der Waals surface area contributed by atoms with Crippen LogP contribution in [-0.4, -0.2) is 13.2 Å². The molecule has 2 aromatic rings. The predicted octanol–water partition coefficient (Wildman–Crippen LogP) is 3.77. The van der Waals surface area contributed by atoms with E-state index in [-0.39, 0.29) is 5.38 Å². The van der Waals surface area contributed by atoms with Gasteiger partial charge in [-0.05, 0) is 29.8 Å². The molecule has 1 aliphatic heterocycles. The van der Waals surface area contributed by atoms with Crippen LogP contribution >= 0.6 is 11.6 Å². The first-order chi connectivity index (χ1) is 8.84. The lowest BCUT2D eigenvalue weighted by molar-refractivity contribution is 0.297. The van der Waals surface area contributed by atoms with Gasteiger partial charge in [0.2, 0.25) is 0 Å². The minimum atomic E-state index is -0.308. The first-order valence-electron chi connectivity index (χ1n) is 5.91.